The van der Waals surface area contributed by atoms with Gasteiger partial charge in [0.15, 0.2) is 5.79 Å². The first-order valence-electron chi connectivity index (χ1n) is 11.4. The van der Waals surface area contributed by atoms with Crippen LogP contribution < -0.4 is 0 Å². The SMILES string of the molecule is CCCCC1[C@H]2CCO[C@]34OC[C@]5(CC)C[C@](C(=O)OC)([C@H](C(=O)OC)[C@@H]23)[C@H]1[C@@H]54. The molecule has 6 bridgehead atoms. The molecule has 4 saturated carbocycles. The van der Waals surface area contributed by atoms with Gasteiger partial charge in [-0.25, -0.2) is 0 Å². The van der Waals surface area contributed by atoms with Crippen molar-refractivity contribution in [2.75, 3.05) is 27.4 Å². The van der Waals surface area contributed by atoms with Gasteiger partial charge in [-0.2, -0.15) is 0 Å². The number of carbonyl (C=O) groups is 2. The Morgan fingerprint density at radius 1 is 1.10 bits per heavy atom. The zero-order valence-corrected chi connectivity index (χ0v) is 18.1. The smallest absolute Gasteiger partial charge is 0.313 e. The number of ether oxygens (including phenoxy) is 4. The van der Waals surface area contributed by atoms with Gasteiger partial charge in [-0.3, -0.25) is 9.59 Å². The third-order valence-electron chi connectivity index (χ3n) is 9.52. The van der Waals surface area contributed by atoms with Crippen LogP contribution in [-0.2, 0) is 28.5 Å². The van der Waals surface area contributed by atoms with Gasteiger partial charge >= 0.3 is 11.9 Å². The van der Waals surface area contributed by atoms with Crippen LogP contribution in [-0.4, -0.2) is 45.2 Å². The predicted octanol–water partition coefficient (Wildman–Crippen LogP) is 3.18. The van der Waals surface area contributed by atoms with Crippen LogP contribution in [0.2, 0.25) is 0 Å². The molecule has 1 unspecified atom stereocenters. The first-order valence-corrected chi connectivity index (χ1v) is 11.4. The van der Waals surface area contributed by atoms with Crippen molar-refractivity contribution in [2.24, 2.45) is 46.3 Å². The van der Waals surface area contributed by atoms with E-state index >= 15 is 0 Å². The minimum absolute atomic E-state index is 0.0587. The molecule has 6 nitrogen and oxygen atoms in total. The molecule has 0 N–H and O–H groups in total. The second kappa shape index (κ2) is 6.43. The minimum atomic E-state index is -0.809. The Bertz CT molecular complexity index is 722. The number of hydrogen-bond acceptors (Lipinski definition) is 6. The van der Waals surface area contributed by atoms with Crippen molar-refractivity contribution in [2.45, 2.75) is 58.2 Å². The van der Waals surface area contributed by atoms with Gasteiger partial charge in [0.05, 0.1) is 38.8 Å². The van der Waals surface area contributed by atoms with Crippen molar-refractivity contribution in [3.63, 3.8) is 0 Å². The van der Waals surface area contributed by atoms with E-state index in [0.717, 1.165) is 32.1 Å². The third-order valence-corrected chi connectivity index (χ3v) is 9.52. The van der Waals surface area contributed by atoms with Crippen LogP contribution >= 0.6 is 0 Å². The highest BCUT2D eigenvalue weighted by molar-refractivity contribution is 5.88. The number of carbonyl (C=O) groups excluding carboxylic acids is 2. The molecule has 1 spiro atoms. The minimum Gasteiger partial charge on any atom is -0.469 e. The maximum Gasteiger partial charge on any atom is 0.313 e. The lowest BCUT2D eigenvalue weighted by molar-refractivity contribution is -0.371. The summed E-state index contributed by atoms with van der Waals surface area (Å²) < 4.78 is 23.8. The fourth-order valence-corrected chi connectivity index (χ4v) is 8.80. The van der Waals surface area contributed by atoms with Crippen LogP contribution in [0, 0.1) is 46.3 Å². The van der Waals surface area contributed by atoms with Gasteiger partial charge in [0, 0.05) is 17.3 Å². The molecule has 6 fully saturated rings. The molecular weight excluding hydrogens is 372 g/mol. The van der Waals surface area contributed by atoms with E-state index in [1.54, 1.807) is 0 Å². The highest BCUT2D eigenvalue weighted by atomic mass is 16.7. The normalized spacial score (nSPS) is 51.2. The zero-order valence-electron chi connectivity index (χ0n) is 18.1. The Balaban J connectivity index is 1.75. The van der Waals surface area contributed by atoms with Crippen LogP contribution in [0.5, 0.6) is 0 Å². The zero-order chi connectivity index (χ0) is 20.6. The van der Waals surface area contributed by atoms with E-state index in [0.29, 0.717) is 31.5 Å². The van der Waals surface area contributed by atoms with Crippen LogP contribution in [0.1, 0.15) is 52.4 Å². The highest BCUT2D eigenvalue weighted by Gasteiger charge is 2.88. The standard InChI is InChI=1S/C23H34O6/c1-5-7-8-13-14-9-10-28-23-15(14)17(19(24)26-3)22(20(25)27-4)11-21(6-2,12-29-23)18(23)16(13)22/h13-18H,5-12H2,1-4H3/t13?,14-,15-,16-,17+,18+,21+,22-,23+/m1/s1. The Hall–Kier alpha value is -1.14. The van der Waals surface area contributed by atoms with Gasteiger partial charge in [-0.05, 0) is 43.4 Å². The van der Waals surface area contributed by atoms with Gasteiger partial charge in [0.25, 0.3) is 0 Å². The first-order chi connectivity index (χ1) is 14.0. The van der Waals surface area contributed by atoms with Crippen molar-refractivity contribution in [3.05, 3.63) is 0 Å². The molecule has 6 rings (SSSR count). The molecule has 0 amide bonds. The number of methoxy groups -OCH3 is 2. The summed E-state index contributed by atoms with van der Waals surface area (Å²) in [7, 11) is 2.89. The lowest BCUT2D eigenvalue weighted by Crippen LogP contribution is -2.74. The molecule has 9 atom stereocenters. The average Bonchev–Trinajstić information content (AvgIpc) is 3.19. The third kappa shape index (κ3) is 2.06. The highest BCUT2D eigenvalue weighted by Crippen LogP contribution is 2.82. The summed E-state index contributed by atoms with van der Waals surface area (Å²) in [6.45, 7) is 5.69. The number of esters is 2. The number of unbranched alkanes of at least 4 members (excludes halogenated alkanes) is 1. The Morgan fingerprint density at radius 2 is 1.90 bits per heavy atom. The predicted molar refractivity (Wildman–Crippen MR) is 104 cm³/mol. The monoisotopic (exact) mass is 406 g/mol. The second-order valence-corrected chi connectivity index (χ2v) is 10.1. The Labute approximate surface area is 173 Å². The summed E-state index contributed by atoms with van der Waals surface area (Å²) >= 11 is 0. The van der Waals surface area contributed by atoms with E-state index in [9.17, 15) is 9.59 Å². The maximum atomic E-state index is 13.5. The summed E-state index contributed by atoms with van der Waals surface area (Å²) in [5, 5.41) is 0. The number of hydrogen-bond donors (Lipinski definition) is 0. The Kier molecular flexibility index (Phi) is 4.39. The quantitative estimate of drug-likeness (QED) is 0.631. The van der Waals surface area contributed by atoms with Gasteiger partial charge in [-0.15, -0.1) is 0 Å². The van der Waals surface area contributed by atoms with Gasteiger partial charge in [-0.1, -0.05) is 26.7 Å². The van der Waals surface area contributed by atoms with Crippen LogP contribution in [0.15, 0.2) is 0 Å². The molecule has 4 aliphatic carbocycles. The summed E-state index contributed by atoms with van der Waals surface area (Å²) in [6.07, 6.45) is 5.87. The lowest BCUT2D eigenvalue weighted by Gasteiger charge is -2.67. The fourth-order valence-electron chi connectivity index (χ4n) is 8.80. The summed E-state index contributed by atoms with van der Waals surface area (Å²) in [4.78, 5) is 26.8. The van der Waals surface area contributed by atoms with Gasteiger partial charge < -0.3 is 18.9 Å². The molecule has 2 saturated heterocycles. The summed E-state index contributed by atoms with van der Waals surface area (Å²) in [5.74, 6) is -0.963. The Morgan fingerprint density at radius 3 is 2.55 bits per heavy atom. The van der Waals surface area contributed by atoms with Crippen molar-refractivity contribution >= 4 is 11.9 Å². The van der Waals surface area contributed by atoms with Crippen LogP contribution in [0.25, 0.3) is 0 Å². The average molecular weight is 407 g/mol. The molecule has 29 heavy (non-hydrogen) atoms. The van der Waals surface area contributed by atoms with E-state index in [1.807, 2.05) is 0 Å². The molecule has 6 aliphatic rings. The topological polar surface area (TPSA) is 71.1 Å². The van der Waals surface area contributed by atoms with Crippen LogP contribution in [0.3, 0.4) is 0 Å². The largest absolute Gasteiger partial charge is 0.469 e. The van der Waals surface area contributed by atoms with Gasteiger partial charge in [0.2, 0.25) is 0 Å². The summed E-state index contributed by atoms with van der Waals surface area (Å²) in [6, 6.07) is 0. The maximum absolute atomic E-state index is 13.5. The molecule has 0 aromatic heterocycles. The molecule has 0 aromatic carbocycles. The molecule has 2 aliphatic heterocycles. The molecule has 162 valence electrons. The molecule has 6 heteroatoms. The van der Waals surface area contributed by atoms with Crippen molar-refractivity contribution in [1.29, 1.82) is 0 Å². The molecule has 0 radical (unpaired) electrons. The van der Waals surface area contributed by atoms with E-state index in [4.69, 9.17) is 18.9 Å². The van der Waals surface area contributed by atoms with Crippen molar-refractivity contribution < 1.29 is 28.5 Å². The van der Waals surface area contributed by atoms with Crippen molar-refractivity contribution in [1.82, 2.24) is 0 Å². The van der Waals surface area contributed by atoms with E-state index in [2.05, 4.69) is 13.8 Å². The summed E-state index contributed by atoms with van der Waals surface area (Å²) in [5.41, 5.74) is -0.942. The first kappa shape index (κ1) is 19.8. The van der Waals surface area contributed by atoms with Crippen LogP contribution in [0.4, 0.5) is 0 Å². The number of rotatable bonds is 6. The van der Waals surface area contributed by atoms with E-state index in [1.165, 1.54) is 14.2 Å². The van der Waals surface area contributed by atoms with E-state index < -0.39 is 17.1 Å². The van der Waals surface area contributed by atoms with E-state index in [-0.39, 0.29) is 35.1 Å². The lowest BCUT2D eigenvalue weighted by atomic mass is 9.40. The second-order valence-electron chi connectivity index (χ2n) is 10.1. The molecular formula is C23H34O6. The van der Waals surface area contributed by atoms with Gasteiger partial charge in [0.1, 0.15) is 0 Å². The molecule has 2 heterocycles. The van der Waals surface area contributed by atoms with Crippen molar-refractivity contribution in [3.8, 4) is 0 Å². The molecule has 0 aromatic rings. The fraction of sp³-hybridized carbons (Fsp3) is 0.913.